The molecule has 1 heterocycles. The van der Waals surface area contributed by atoms with E-state index >= 15 is 0 Å². The van der Waals surface area contributed by atoms with E-state index in [0.717, 1.165) is 17.7 Å². The number of thiophene rings is 1. The Labute approximate surface area is 121 Å². The third kappa shape index (κ3) is 3.07. The third-order valence-corrected chi connectivity index (χ3v) is 4.39. The molecular formula is C16H16FNOS. The number of carbonyl (C=O) groups is 1. The summed E-state index contributed by atoms with van der Waals surface area (Å²) < 4.78 is 13.7. The van der Waals surface area contributed by atoms with Crippen LogP contribution in [0.3, 0.4) is 0 Å². The highest BCUT2D eigenvalue weighted by atomic mass is 32.1. The quantitative estimate of drug-likeness (QED) is 0.823. The lowest BCUT2D eigenvalue weighted by atomic mass is 10.2. The Kier molecular flexibility index (Phi) is 3.83. The van der Waals surface area contributed by atoms with E-state index < -0.39 is 0 Å². The predicted octanol–water partition coefficient (Wildman–Crippen LogP) is 3.62. The van der Waals surface area contributed by atoms with E-state index in [-0.39, 0.29) is 11.7 Å². The molecule has 1 saturated carbocycles. The van der Waals surface area contributed by atoms with Gasteiger partial charge in [-0.05, 0) is 30.4 Å². The number of nitrogens with zero attached hydrogens (tertiary/aromatic N) is 1. The molecule has 0 unspecified atom stereocenters. The minimum atomic E-state index is -0.234. The van der Waals surface area contributed by atoms with Crippen molar-refractivity contribution in [3.8, 4) is 0 Å². The number of hydrogen-bond donors (Lipinski definition) is 0. The van der Waals surface area contributed by atoms with Crippen molar-refractivity contribution in [2.24, 2.45) is 0 Å². The van der Waals surface area contributed by atoms with Gasteiger partial charge < -0.3 is 4.90 Å². The summed E-state index contributed by atoms with van der Waals surface area (Å²) in [6.07, 6.45) is 2.48. The lowest BCUT2D eigenvalue weighted by Crippen LogP contribution is -2.33. The monoisotopic (exact) mass is 289 g/mol. The van der Waals surface area contributed by atoms with Gasteiger partial charge in [-0.3, -0.25) is 4.79 Å². The van der Waals surface area contributed by atoms with Crippen LogP contribution < -0.4 is 0 Å². The highest BCUT2D eigenvalue weighted by molar-refractivity contribution is 7.10. The molecule has 104 valence electrons. The molecule has 1 aromatic heterocycles. The standard InChI is InChI=1S/C16H16FNOS/c17-15-6-2-1-4-12(15)11-18(13-7-8-13)16(19)10-14-5-3-9-20-14/h1-6,9,13H,7-8,10-11H2. The average molecular weight is 289 g/mol. The van der Waals surface area contributed by atoms with Crippen LogP contribution >= 0.6 is 11.3 Å². The fourth-order valence-corrected chi connectivity index (χ4v) is 2.98. The lowest BCUT2D eigenvalue weighted by Gasteiger charge is -2.22. The maximum Gasteiger partial charge on any atom is 0.228 e. The van der Waals surface area contributed by atoms with Crippen molar-refractivity contribution in [2.45, 2.75) is 31.8 Å². The molecule has 1 amide bonds. The molecule has 0 saturated heterocycles. The predicted molar refractivity (Wildman–Crippen MR) is 78.0 cm³/mol. The smallest absolute Gasteiger partial charge is 0.228 e. The molecule has 0 atom stereocenters. The minimum Gasteiger partial charge on any atom is -0.335 e. The Hall–Kier alpha value is -1.68. The highest BCUT2D eigenvalue weighted by Crippen LogP contribution is 2.29. The van der Waals surface area contributed by atoms with Crippen molar-refractivity contribution < 1.29 is 9.18 Å². The Morgan fingerprint density at radius 2 is 2.05 bits per heavy atom. The van der Waals surface area contributed by atoms with E-state index in [1.807, 2.05) is 28.5 Å². The summed E-state index contributed by atoms with van der Waals surface area (Å²) in [5, 5.41) is 1.97. The van der Waals surface area contributed by atoms with Crippen molar-refractivity contribution in [1.82, 2.24) is 4.90 Å². The van der Waals surface area contributed by atoms with Gasteiger partial charge >= 0.3 is 0 Å². The van der Waals surface area contributed by atoms with Crippen LogP contribution in [0.4, 0.5) is 4.39 Å². The van der Waals surface area contributed by atoms with Crippen molar-refractivity contribution in [3.63, 3.8) is 0 Å². The number of benzene rings is 1. The Bertz CT molecular complexity index is 592. The lowest BCUT2D eigenvalue weighted by molar-refractivity contribution is -0.131. The SMILES string of the molecule is O=C(Cc1cccs1)N(Cc1ccccc1F)C1CC1. The first-order valence-corrected chi connectivity index (χ1v) is 7.67. The fourth-order valence-electron chi connectivity index (χ4n) is 2.28. The zero-order chi connectivity index (χ0) is 13.9. The van der Waals surface area contributed by atoms with Crippen LogP contribution in [0.25, 0.3) is 0 Å². The highest BCUT2D eigenvalue weighted by Gasteiger charge is 2.32. The molecule has 1 aliphatic carbocycles. The van der Waals surface area contributed by atoms with Crippen LogP contribution in [0.2, 0.25) is 0 Å². The summed E-state index contributed by atoms with van der Waals surface area (Å²) in [5.74, 6) is -0.139. The van der Waals surface area contributed by atoms with E-state index in [1.165, 1.54) is 6.07 Å². The summed E-state index contributed by atoms with van der Waals surface area (Å²) >= 11 is 1.59. The Morgan fingerprint density at radius 3 is 2.70 bits per heavy atom. The second kappa shape index (κ2) is 5.75. The first-order chi connectivity index (χ1) is 9.74. The molecule has 0 aliphatic heterocycles. The molecular weight excluding hydrogens is 273 g/mol. The molecule has 0 N–H and O–H groups in total. The topological polar surface area (TPSA) is 20.3 Å². The van der Waals surface area contributed by atoms with Crippen LogP contribution in [0.5, 0.6) is 0 Å². The van der Waals surface area contributed by atoms with Crippen LogP contribution in [-0.2, 0) is 17.8 Å². The number of rotatable bonds is 5. The van der Waals surface area contributed by atoms with Crippen molar-refractivity contribution in [1.29, 1.82) is 0 Å². The minimum absolute atomic E-state index is 0.0956. The summed E-state index contributed by atoms with van der Waals surface area (Å²) in [5.41, 5.74) is 0.596. The van der Waals surface area contributed by atoms with Gasteiger partial charge in [0.05, 0.1) is 6.42 Å². The number of hydrogen-bond acceptors (Lipinski definition) is 2. The van der Waals surface area contributed by atoms with Gasteiger partial charge in [0.2, 0.25) is 5.91 Å². The van der Waals surface area contributed by atoms with Gasteiger partial charge in [0.25, 0.3) is 0 Å². The van der Waals surface area contributed by atoms with Crippen LogP contribution in [0, 0.1) is 5.82 Å². The average Bonchev–Trinajstić information content (AvgIpc) is 3.15. The second-order valence-corrected chi connectivity index (χ2v) is 6.13. The summed E-state index contributed by atoms with van der Waals surface area (Å²) in [7, 11) is 0. The number of carbonyl (C=O) groups excluding carboxylic acids is 1. The first kappa shape index (κ1) is 13.3. The molecule has 2 aromatic rings. The van der Waals surface area contributed by atoms with Crippen LogP contribution in [0.15, 0.2) is 41.8 Å². The largest absolute Gasteiger partial charge is 0.335 e. The van der Waals surface area contributed by atoms with E-state index in [1.54, 1.807) is 23.5 Å². The summed E-state index contributed by atoms with van der Waals surface area (Å²) in [4.78, 5) is 15.3. The number of halogens is 1. The Morgan fingerprint density at radius 1 is 1.25 bits per heavy atom. The maximum absolute atomic E-state index is 13.7. The normalized spacial score (nSPS) is 14.2. The Balaban J connectivity index is 1.72. The van der Waals surface area contributed by atoms with Gasteiger partial charge in [0.15, 0.2) is 0 Å². The molecule has 4 heteroatoms. The third-order valence-electron chi connectivity index (χ3n) is 3.51. The van der Waals surface area contributed by atoms with Crippen molar-refractivity contribution >= 4 is 17.2 Å². The first-order valence-electron chi connectivity index (χ1n) is 6.79. The molecule has 0 radical (unpaired) electrons. The van der Waals surface area contributed by atoms with Gasteiger partial charge in [-0.15, -0.1) is 11.3 Å². The van der Waals surface area contributed by atoms with E-state index in [9.17, 15) is 9.18 Å². The summed E-state index contributed by atoms with van der Waals surface area (Å²) in [6.45, 7) is 0.377. The molecule has 3 rings (SSSR count). The molecule has 20 heavy (non-hydrogen) atoms. The van der Waals surface area contributed by atoms with Gasteiger partial charge in [-0.25, -0.2) is 4.39 Å². The van der Waals surface area contributed by atoms with E-state index in [2.05, 4.69) is 0 Å². The van der Waals surface area contributed by atoms with Gasteiger partial charge in [-0.2, -0.15) is 0 Å². The molecule has 0 spiro atoms. The van der Waals surface area contributed by atoms with Gasteiger partial charge in [0.1, 0.15) is 5.82 Å². The maximum atomic E-state index is 13.7. The van der Waals surface area contributed by atoms with Crippen molar-refractivity contribution in [2.75, 3.05) is 0 Å². The molecule has 1 aromatic carbocycles. The van der Waals surface area contributed by atoms with Gasteiger partial charge in [-0.1, -0.05) is 24.3 Å². The molecule has 1 fully saturated rings. The zero-order valence-electron chi connectivity index (χ0n) is 11.1. The number of amides is 1. The van der Waals surface area contributed by atoms with E-state index in [0.29, 0.717) is 24.6 Å². The van der Waals surface area contributed by atoms with Crippen LogP contribution in [-0.4, -0.2) is 16.8 Å². The van der Waals surface area contributed by atoms with E-state index in [4.69, 9.17) is 0 Å². The molecule has 1 aliphatic rings. The van der Waals surface area contributed by atoms with Crippen LogP contribution in [0.1, 0.15) is 23.3 Å². The van der Waals surface area contributed by atoms with Gasteiger partial charge in [0, 0.05) is 23.0 Å². The fraction of sp³-hybridized carbons (Fsp3) is 0.312. The van der Waals surface area contributed by atoms with Crippen molar-refractivity contribution in [3.05, 3.63) is 58.0 Å². The second-order valence-electron chi connectivity index (χ2n) is 5.10. The molecule has 0 bridgehead atoms. The summed E-state index contributed by atoms with van der Waals surface area (Å²) in [6, 6.07) is 10.9. The molecule has 2 nitrogen and oxygen atoms in total. The zero-order valence-corrected chi connectivity index (χ0v) is 11.9.